The summed E-state index contributed by atoms with van der Waals surface area (Å²) in [6.07, 6.45) is 1.21. The Hall–Kier alpha value is -2.32. The number of urea groups is 1. The third-order valence-corrected chi connectivity index (χ3v) is 4.96. The highest BCUT2D eigenvalue weighted by molar-refractivity contribution is 5.96. The zero-order valence-electron chi connectivity index (χ0n) is 16.5. The van der Waals surface area contributed by atoms with Crippen LogP contribution in [0.1, 0.15) is 19.8 Å². The van der Waals surface area contributed by atoms with Gasteiger partial charge in [0.25, 0.3) is 0 Å². The Morgan fingerprint density at radius 2 is 2.00 bits per heavy atom. The molecule has 1 atom stereocenters. The summed E-state index contributed by atoms with van der Waals surface area (Å²) in [5.74, 6) is 0.797. The summed E-state index contributed by atoms with van der Waals surface area (Å²) in [6.45, 7) is 8.08. The number of nitrogens with one attached hydrogen (secondary N) is 2. The number of carbonyl (C=O) groups is 2. The van der Waals surface area contributed by atoms with Crippen LogP contribution in [-0.2, 0) is 9.53 Å². The van der Waals surface area contributed by atoms with E-state index in [9.17, 15) is 9.59 Å². The highest BCUT2D eigenvalue weighted by Crippen LogP contribution is 2.24. The van der Waals surface area contributed by atoms with Crippen molar-refractivity contribution < 1.29 is 19.1 Å². The number of benzene rings is 1. The van der Waals surface area contributed by atoms with E-state index in [1.54, 1.807) is 4.90 Å². The third kappa shape index (κ3) is 5.84. The molecule has 0 bridgehead atoms. The van der Waals surface area contributed by atoms with Gasteiger partial charge in [-0.05, 0) is 44.2 Å². The summed E-state index contributed by atoms with van der Waals surface area (Å²) >= 11 is 0. The molecule has 2 aliphatic rings. The molecule has 2 fully saturated rings. The van der Waals surface area contributed by atoms with Gasteiger partial charge in [0.05, 0.1) is 25.9 Å². The van der Waals surface area contributed by atoms with Gasteiger partial charge in [0, 0.05) is 38.3 Å². The molecule has 28 heavy (non-hydrogen) atoms. The fourth-order valence-electron chi connectivity index (χ4n) is 3.51. The van der Waals surface area contributed by atoms with Crippen molar-refractivity contribution in [2.75, 3.05) is 57.4 Å². The van der Waals surface area contributed by atoms with Gasteiger partial charge in [0.15, 0.2) is 0 Å². The highest BCUT2D eigenvalue weighted by atomic mass is 16.5. The van der Waals surface area contributed by atoms with Crippen LogP contribution in [0.4, 0.5) is 10.5 Å². The smallest absolute Gasteiger partial charge is 0.315 e. The van der Waals surface area contributed by atoms with Gasteiger partial charge in [0.1, 0.15) is 5.75 Å². The lowest BCUT2D eigenvalue weighted by Crippen LogP contribution is -2.44. The van der Waals surface area contributed by atoms with Gasteiger partial charge in [-0.1, -0.05) is 0 Å². The molecule has 2 heterocycles. The molecule has 1 aromatic carbocycles. The molecule has 0 aromatic heterocycles. The molecule has 3 rings (SSSR count). The fourth-order valence-corrected chi connectivity index (χ4v) is 3.51. The summed E-state index contributed by atoms with van der Waals surface area (Å²) < 4.78 is 10.8. The average Bonchev–Trinajstić information content (AvgIpc) is 3.07. The monoisotopic (exact) mass is 390 g/mol. The van der Waals surface area contributed by atoms with E-state index in [2.05, 4.69) is 15.5 Å². The van der Waals surface area contributed by atoms with Crippen molar-refractivity contribution in [1.29, 1.82) is 0 Å². The molecule has 0 aliphatic carbocycles. The lowest BCUT2D eigenvalue weighted by atomic mass is 10.2. The molecule has 3 amide bonds. The van der Waals surface area contributed by atoms with Gasteiger partial charge in [-0.15, -0.1) is 0 Å². The highest BCUT2D eigenvalue weighted by Gasteiger charge is 2.31. The molecular weight excluding hydrogens is 360 g/mol. The molecule has 1 unspecified atom stereocenters. The van der Waals surface area contributed by atoms with Gasteiger partial charge in [-0.2, -0.15) is 0 Å². The SMILES string of the molecule is CCOc1ccc(N2CC(NC(=O)NCCCN3CCOCC3)CC2=O)cc1. The van der Waals surface area contributed by atoms with Gasteiger partial charge >= 0.3 is 6.03 Å². The zero-order chi connectivity index (χ0) is 19.8. The van der Waals surface area contributed by atoms with E-state index in [1.165, 1.54) is 0 Å². The minimum atomic E-state index is -0.215. The van der Waals surface area contributed by atoms with E-state index in [-0.39, 0.29) is 18.0 Å². The quantitative estimate of drug-likeness (QED) is 0.652. The first-order chi connectivity index (χ1) is 13.7. The predicted molar refractivity (Wildman–Crippen MR) is 107 cm³/mol. The van der Waals surface area contributed by atoms with Gasteiger partial charge in [-0.3, -0.25) is 9.69 Å². The van der Waals surface area contributed by atoms with Crippen molar-refractivity contribution in [2.45, 2.75) is 25.8 Å². The van der Waals surface area contributed by atoms with Crippen LogP contribution in [0, 0.1) is 0 Å². The van der Waals surface area contributed by atoms with E-state index >= 15 is 0 Å². The molecule has 0 saturated carbocycles. The summed E-state index contributed by atoms with van der Waals surface area (Å²) in [4.78, 5) is 28.5. The van der Waals surface area contributed by atoms with E-state index in [1.807, 2.05) is 31.2 Å². The maximum atomic E-state index is 12.3. The van der Waals surface area contributed by atoms with Crippen molar-refractivity contribution in [3.05, 3.63) is 24.3 Å². The van der Waals surface area contributed by atoms with Crippen LogP contribution in [0.5, 0.6) is 5.75 Å². The van der Waals surface area contributed by atoms with Crippen molar-refractivity contribution in [3.8, 4) is 5.75 Å². The Morgan fingerprint density at radius 1 is 1.25 bits per heavy atom. The Bertz CT molecular complexity index is 646. The lowest BCUT2D eigenvalue weighted by molar-refractivity contribution is -0.117. The number of hydrogen-bond acceptors (Lipinski definition) is 5. The Morgan fingerprint density at radius 3 is 2.71 bits per heavy atom. The minimum absolute atomic E-state index is 0.0155. The van der Waals surface area contributed by atoms with Crippen molar-refractivity contribution in [1.82, 2.24) is 15.5 Å². The number of rotatable bonds is 8. The van der Waals surface area contributed by atoms with E-state index in [4.69, 9.17) is 9.47 Å². The molecule has 2 saturated heterocycles. The summed E-state index contributed by atoms with van der Waals surface area (Å²) in [7, 11) is 0. The molecule has 2 aliphatic heterocycles. The van der Waals surface area contributed by atoms with Gasteiger partial charge in [-0.25, -0.2) is 4.79 Å². The van der Waals surface area contributed by atoms with Crippen molar-refractivity contribution in [2.24, 2.45) is 0 Å². The number of morpholine rings is 1. The second kappa shape index (κ2) is 10.3. The predicted octanol–water partition coefficient (Wildman–Crippen LogP) is 1.21. The molecule has 8 nitrogen and oxygen atoms in total. The molecule has 2 N–H and O–H groups in total. The second-order valence-electron chi connectivity index (χ2n) is 7.04. The zero-order valence-corrected chi connectivity index (χ0v) is 16.5. The molecular formula is C20H30N4O4. The summed E-state index contributed by atoms with van der Waals surface area (Å²) in [5.41, 5.74) is 0.823. The van der Waals surface area contributed by atoms with E-state index in [0.29, 0.717) is 26.1 Å². The molecule has 1 aromatic rings. The molecule has 0 spiro atoms. The van der Waals surface area contributed by atoms with Crippen LogP contribution in [0.25, 0.3) is 0 Å². The number of amides is 3. The van der Waals surface area contributed by atoms with Gasteiger partial charge < -0.3 is 25.0 Å². The topological polar surface area (TPSA) is 83.1 Å². The number of carbonyl (C=O) groups excluding carboxylic acids is 2. The number of ether oxygens (including phenoxy) is 2. The fraction of sp³-hybridized carbons (Fsp3) is 0.600. The first-order valence-corrected chi connectivity index (χ1v) is 10.0. The standard InChI is InChI=1S/C20H30N4O4/c1-2-28-18-6-4-17(5-7-18)24-15-16(14-19(24)25)22-20(26)21-8-3-9-23-10-12-27-13-11-23/h4-7,16H,2-3,8-15H2,1H3,(H2,21,22,26). The molecule has 0 radical (unpaired) electrons. The molecule has 154 valence electrons. The maximum Gasteiger partial charge on any atom is 0.315 e. The van der Waals surface area contributed by atoms with Crippen molar-refractivity contribution in [3.63, 3.8) is 0 Å². The van der Waals surface area contributed by atoms with Crippen LogP contribution in [0.15, 0.2) is 24.3 Å². The van der Waals surface area contributed by atoms with Crippen LogP contribution < -0.4 is 20.3 Å². The van der Waals surface area contributed by atoms with E-state index in [0.717, 1.165) is 50.7 Å². The Balaban J connectivity index is 1.37. The largest absolute Gasteiger partial charge is 0.494 e. The van der Waals surface area contributed by atoms with Crippen LogP contribution in [0.2, 0.25) is 0 Å². The molecule has 8 heteroatoms. The van der Waals surface area contributed by atoms with Crippen LogP contribution in [-0.4, -0.2) is 75.4 Å². The second-order valence-corrected chi connectivity index (χ2v) is 7.04. The Labute approximate surface area is 166 Å². The Kier molecular flexibility index (Phi) is 7.50. The number of anilines is 1. The normalized spacial score (nSPS) is 20.2. The summed E-state index contributed by atoms with van der Waals surface area (Å²) in [6, 6.07) is 7.06. The van der Waals surface area contributed by atoms with Crippen LogP contribution >= 0.6 is 0 Å². The van der Waals surface area contributed by atoms with Crippen molar-refractivity contribution >= 4 is 17.6 Å². The summed E-state index contributed by atoms with van der Waals surface area (Å²) in [5, 5.41) is 5.79. The third-order valence-electron chi connectivity index (χ3n) is 4.96. The van der Waals surface area contributed by atoms with E-state index < -0.39 is 0 Å². The lowest BCUT2D eigenvalue weighted by Gasteiger charge is -2.26. The maximum absolute atomic E-state index is 12.3. The number of hydrogen-bond donors (Lipinski definition) is 2. The average molecular weight is 390 g/mol. The first-order valence-electron chi connectivity index (χ1n) is 10.0. The van der Waals surface area contributed by atoms with Crippen LogP contribution in [0.3, 0.4) is 0 Å². The van der Waals surface area contributed by atoms with Gasteiger partial charge in [0.2, 0.25) is 5.91 Å². The minimum Gasteiger partial charge on any atom is -0.494 e. The number of nitrogens with zero attached hydrogens (tertiary/aromatic N) is 2. The first kappa shape index (κ1) is 20.4.